The van der Waals surface area contributed by atoms with Crippen molar-refractivity contribution in [3.05, 3.63) is 83.3 Å². The lowest BCUT2D eigenvalue weighted by Crippen LogP contribution is -2.46. The molecule has 30 heavy (non-hydrogen) atoms. The number of rotatable bonds is 5. The SMILES string of the molecule is CCN1C(=CC2=C(O)C(Nc3ccc(S(=O)(=O)O)cc3)C2O)C=Cc2ccccc21. The van der Waals surface area contributed by atoms with Gasteiger partial charge in [0.1, 0.15) is 17.9 Å². The number of likely N-dealkylation sites (N-methyl/N-ethyl adjacent to an activating group) is 1. The van der Waals surface area contributed by atoms with Crippen LogP contribution in [0.4, 0.5) is 11.4 Å². The number of benzene rings is 2. The van der Waals surface area contributed by atoms with Crippen LogP contribution in [-0.2, 0) is 10.1 Å². The van der Waals surface area contributed by atoms with Crippen molar-refractivity contribution in [2.75, 3.05) is 16.8 Å². The molecule has 1 heterocycles. The Bertz CT molecular complexity index is 1170. The molecule has 2 atom stereocenters. The fraction of sp³-hybridized carbons (Fsp3) is 0.182. The largest absolute Gasteiger partial charge is 0.510 e. The van der Waals surface area contributed by atoms with Gasteiger partial charge in [0, 0.05) is 29.2 Å². The van der Waals surface area contributed by atoms with Crippen molar-refractivity contribution in [1.82, 2.24) is 0 Å². The van der Waals surface area contributed by atoms with E-state index >= 15 is 0 Å². The summed E-state index contributed by atoms with van der Waals surface area (Å²) in [6.45, 7) is 2.77. The highest BCUT2D eigenvalue weighted by molar-refractivity contribution is 7.85. The molecule has 0 radical (unpaired) electrons. The molecular weight excluding hydrogens is 404 g/mol. The molecule has 0 amide bonds. The monoisotopic (exact) mass is 426 g/mol. The molecule has 4 N–H and O–H groups in total. The molecule has 0 spiro atoms. The Hall–Kier alpha value is -3.07. The minimum Gasteiger partial charge on any atom is -0.510 e. The van der Waals surface area contributed by atoms with E-state index in [0.29, 0.717) is 11.3 Å². The standard InChI is InChI=1S/C22H22N2O5S/c1-2-24-16(10-7-14-5-3-4-6-19(14)24)13-18-21(25)20(22(18)26)23-15-8-11-17(12-9-15)30(27,28)29/h3-13,20-21,23,25-26H,2H2,1H3,(H,27,28,29). The lowest BCUT2D eigenvalue weighted by molar-refractivity contribution is 0.138. The van der Waals surface area contributed by atoms with Crippen molar-refractivity contribution in [1.29, 1.82) is 0 Å². The van der Waals surface area contributed by atoms with Gasteiger partial charge < -0.3 is 20.4 Å². The van der Waals surface area contributed by atoms with E-state index < -0.39 is 22.3 Å². The van der Waals surface area contributed by atoms with E-state index in [0.717, 1.165) is 23.5 Å². The Balaban J connectivity index is 1.55. The first-order valence-electron chi connectivity index (χ1n) is 9.51. The summed E-state index contributed by atoms with van der Waals surface area (Å²) >= 11 is 0. The fourth-order valence-corrected chi connectivity index (χ4v) is 4.17. The van der Waals surface area contributed by atoms with E-state index in [4.69, 9.17) is 4.55 Å². The molecule has 2 unspecified atom stereocenters. The van der Waals surface area contributed by atoms with Crippen molar-refractivity contribution in [3.63, 3.8) is 0 Å². The molecule has 7 nitrogen and oxygen atoms in total. The van der Waals surface area contributed by atoms with E-state index in [2.05, 4.69) is 10.2 Å². The van der Waals surface area contributed by atoms with E-state index in [1.165, 1.54) is 24.3 Å². The van der Waals surface area contributed by atoms with Crippen molar-refractivity contribution in [3.8, 4) is 0 Å². The molecule has 0 aromatic heterocycles. The first-order chi connectivity index (χ1) is 14.3. The maximum Gasteiger partial charge on any atom is 0.294 e. The summed E-state index contributed by atoms with van der Waals surface area (Å²) in [5.74, 6) is 0.0252. The number of nitrogens with one attached hydrogen (secondary N) is 1. The quantitative estimate of drug-likeness (QED) is 0.543. The Morgan fingerprint density at radius 1 is 1.10 bits per heavy atom. The van der Waals surface area contributed by atoms with E-state index in [1.54, 1.807) is 6.08 Å². The third kappa shape index (κ3) is 3.60. The molecule has 8 heteroatoms. The molecular formula is C22H22N2O5S. The van der Waals surface area contributed by atoms with E-state index in [1.807, 2.05) is 43.3 Å². The Morgan fingerprint density at radius 3 is 2.43 bits per heavy atom. The van der Waals surface area contributed by atoms with Crippen LogP contribution in [0.15, 0.2) is 82.6 Å². The van der Waals surface area contributed by atoms with Gasteiger partial charge in [-0.15, -0.1) is 0 Å². The predicted molar refractivity (Wildman–Crippen MR) is 116 cm³/mol. The minimum atomic E-state index is -4.27. The average Bonchev–Trinajstić information content (AvgIpc) is 2.74. The second-order valence-electron chi connectivity index (χ2n) is 7.11. The highest BCUT2D eigenvalue weighted by Gasteiger charge is 2.39. The Morgan fingerprint density at radius 2 is 1.80 bits per heavy atom. The topological polar surface area (TPSA) is 110 Å². The third-order valence-electron chi connectivity index (χ3n) is 5.29. The zero-order valence-electron chi connectivity index (χ0n) is 16.2. The van der Waals surface area contributed by atoms with Crippen LogP contribution in [0.2, 0.25) is 0 Å². The maximum atomic E-state index is 11.1. The number of nitrogens with zero attached hydrogens (tertiary/aromatic N) is 1. The summed E-state index contributed by atoms with van der Waals surface area (Å²) in [7, 11) is -4.27. The molecule has 1 aliphatic carbocycles. The van der Waals surface area contributed by atoms with Gasteiger partial charge in [0.15, 0.2) is 0 Å². The first kappa shape index (κ1) is 20.2. The third-order valence-corrected chi connectivity index (χ3v) is 6.16. The first-order valence-corrected chi connectivity index (χ1v) is 10.9. The summed E-state index contributed by atoms with van der Waals surface area (Å²) in [6.07, 6.45) is 4.80. The summed E-state index contributed by atoms with van der Waals surface area (Å²) in [5.41, 5.74) is 3.98. The van der Waals surface area contributed by atoms with Crippen molar-refractivity contribution >= 4 is 27.6 Å². The molecule has 4 rings (SSSR count). The van der Waals surface area contributed by atoms with Crippen LogP contribution in [-0.4, -0.2) is 41.9 Å². The number of anilines is 2. The number of aliphatic hydroxyl groups is 2. The van der Waals surface area contributed by atoms with Crippen molar-refractivity contribution in [2.24, 2.45) is 0 Å². The van der Waals surface area contributed by atoms with Gasteiger partial charge in [-0.25, -0.2) is 0 Å². The number of hydrogen-bond donors (Lipinski definition) is 4. The average molecular weight is 426 g/mol. The summed E-state index contributed by atoms with van der Waals surface area (Å²) < 4.78 is 31.3. The zero-order valence-corrected chi connectivity index (χ0v) is 17.0. The highest BCUT2D eigenvalue weighted by Crippen LogP contribution is 2.35. The summed E-state index contributed by atoms with van der Waals surface area (Å²) in [4.78, 5) is 1.88. The fourth-order valence-electron chi connectivity index (χ4n) is 3.69. The Kier molecular flexibility index (Phi) is 5.15. The number of aliphatic hydroxyl groups excluding tert-OH is 2. The van der Waals surface area contributed by atoms with Gasteiger partial charge in [0.25, 0.3) is 10.1 Å². The van der Waals surface area contributed by atoms with E-state index in [9.17, 15) is 18.6 Å². The van der Waals surface area contributed by atoms with Crippen LogP contribution in [0.25, 0.3) is 6.08 Å². The number of allylic oxidation sites excluding steroid dienone is 1. The number of hydrogen-bond acceptors (Lipinski definition) is 6. The second-order valence-corrected chi connectivity index (χ2v) is 8.53. The molecule has 0 saturated heterocycles. The molecule has 0 fully saturated rings. The molecule has 2 aromatic rings. The normalized spacial score (nSPS) is 22.1. The van der Waals surface area contributed by atoms with Gasteiger partial charge in [-0.1, -0.05) is 24.3 Å². The van der Waals surface area contributed by atoms with Gasteiger partial charge in [-0.2, -0.15) is 8.42 Å². The molecule has 2 aliphatic rings. The van der Waals surface area contributed by atoms with E-state index in [-0.39, 0.29) is 10.7 Å². The minimum absolute atomic E-state index is 0.0252. The van der Waals surface area contributed by atoms with Gasteiger partial charge in [-0.05, 0) is 55.0 Å². The lowest BCUT2D eigenvalue weighted by atomic mass is 9.85. The van der Waals surface area contributed by atoms with Gasteiger partial charge in [0.05, 0.1) is 4.90 Å². The summed E-state index contributed by atoms with van der Waals surface area (Å²) in [5, 5.41) is 24.0. The smallest absolute Gasteiger partial charge is 0.294 e. The van der Waals surface area contributed by atoms with Crippen LogP contribution < -0.4 is 10.2 Å². The zero-order chi connectivity index (χ0) is 21.5. The summed E-state index contributed by atoms with van der Waals surface area (Å²) in [6, 6.07) is 12.7. The van der Waals surface area contributed by atoms with Gasteiger partial charge in [0.2, 0.25) is 0 Å². The van der Waals surface area contributed by atoms with Gasteiger partial charge >= 0.3 is 0 Å². The predicted octanol–water partition coefficient (Wildman–Crippen LogP) is 3.34. The molecule has 0 saturated carbocycles. The molecule has 1 aliphatic heterocycles. The highest BCUT2D eigenvalue weighted by atomic mass is 32.2. The van der Waals surface area contributed by atoms with Crippen molar-refractivity contribution < 1.29 is 23.2 Å². The molecule has 2 aromatic carbocycles. The Labute approximate surface area is 175 Å². The van der Waals surface area contributed by atoms with Crippen LogP contribution in [0, 0.1) is 0 Å². The molecule has 0 bridgehead atoms. The van der Waals surface area contributed by atoms with Crippen LogP contribution in [0.3, 0.4) is 0 Å². The second kappa shape index (κ2) is 7.64. The van der Waals surface area contributed by atoms with Crippen molar-refractivity contribution in [2.45, 2.75) is 24.0 Å². The van der Waals surface area contributed by atoms with Crippen LogP contribution in [0.1, 0.15) is 12.5 Å². The number of fused-ring (bicyclic) bond motifs is 1. The van der Waals surface area contributed by atoms with Gasteiger partial charge in [-0.3, -0.25) is 4.55 Å². The molecule has 156 valence electrons. The van der Waals surface area contributed by atoms with Crippen LogP contribution >= 0.6 is 0 Å². The number of para-hydroxylation sites is 1. The lowest BCUT2D eigenvalue weighted by Gasteiger charge is -2.36. The van der Waals surface area contributed by atoms with Crippen LogP contribution in [0.5, 0.6) is 0 Å². The maximum absolute atomic E-state index is 11.1.